The summed E-state index contributed by atoms with van der Waals surface area (Å²) in [4.78, 5) is 29.5. The molecule has 0 aromatic carbocycles. The minimum atomic E-state index is -4.54. The molecule has 4 aliphatic rings. The van der Waals surface area contributed by atoms with E-state index >= 15 is 0 Å². The standard InChI is InChI=1S/C22H21F3N2O4S2/c23-22(24,25)14-9-32-19(26-14)16-12-3-1-2-4-13(12)33-20(16)27-18(28)15-10-5-7-11(8-6-10)17(15)31-21(29)30/h9-11H,1-8H2,(H,27,28)(H,29,30). The molecule has 2 bridgehead atoms. The molecule has 4 aliphatic carbocycles. The highest BCUT2D eigenvalue weighted by Gasteiger charge is 2.41. The number of alkyl halides is 3. The number of thiazole rings is 1. The van der Waals surface area contributed by atoms with E-state index in [0.29, 0.717) is 16.1 Å². The second-order valence-electron chi connectivity index (χ2n) is 8.60. The molecule has 2 heterocycles. The number of nitrogens with zero attached hydrogens (tertiary/aromatic N) is 1. The van der Waals surface area contributed by atoms with Crippen LogP contribution in [0.15, 0.2) is 16.7 Å². The third-order valence-electron chi connectivity index (χ3n) is 6.62. The number of nitrogens with one attached hydrogen (secondary N) is 1. The van der Waals surface area contributed by atoms with Crippen LogP contribution in [0, 0.1) is 11.8 Å². The summed E-state index contributed by atoms with van der Waals surface area (Å²) in [5.74, 6) is -0.401. The molecule has 176 valence electrons. The van der Waals surface area contributed by atoms with Crippen LogP contribution in [0.1, 0.15) is 54.7 Å². The predicted molar refractivity (Wildman–Crippen MR) is 117 cm³/mol. The lowest BCUT2D eigenvalue weighted by atomic mass is 9.70. The normalized spacial score (nSPS) is 22.3. The molecule has 0 radical (unpaired) electrons. The molecule has 6 nitrogen and oxygen atoms in total. The number of allylic oxidation sites excluding steroid dienone is 1. The Hall–Kier alpha value is -2.40. The molecule has 33 heavy (non-hydrogen) atoms. The van der Waals surface area contributed by atoms with E-state index in [9.17, 15) is 22.8 Å². The van der Waals surface area contributed by atoms with E-state index in [0.717, 1.165) is 78.5 Å². The van der Waals surface area contributed by atoms with Crippen molar-refractivity contribution in [2.24, 2.45) is 11.8 Å². The average molecular weight is 499 g/mol. The second-order valence-corrected chi connectivity index (χ2v) is 10.6. The fraction of sp³-hybridized carbons (Fsp3) is 0.500. The van der Waals surface area contributed by atoms with Crippen molar-refractivity contribution in [3.63, 3.8) is 0 Å². The largest absolute Gasteiger partial charge is 0.511 e. The van der Waals surface area contributed by atoms with Crippen LogP contribution >= 0.6 is 22.7 Å². The molecule has 0 atom stereocenters. The van der Waals surface area contributed by atoms with E-state index in [2.05, 4.69) is 10.3 Å². The maximum atomic E-state index is 13.4. The lowest BCUT2D eigenvalue weighted by Crippen LogP contribution is -2.34. The molecular formula is C22H21F3N2O4S2. The maximum absolute atomic E-state index is 13.4. The summed E-state index contributed by atoms with van der Waals surface area (Å²) in [6.45, 7) is 0. The molecule has 1 amide bonds. The fourth-order valence-electron chi connectivity index (χ4n) is 5.16. The van der Waals surface area contributed by atoms with Crippen LogP contribution in [0.25, 0.3) is 10.6 Å². The molecule has 2 aromatic heterocycles. The van der Waals surface area contributed by atoms with Gasteiger partial charge in [-0.3, -0.25) is 4.79 Å². The summed E-state index contributed by atoms with van der Waals surface area (Å²) in [5, 5.41) is 13.8. The van der Waals surface area contributed by atoms with Gasteiger partial charge in [-0.15, -0.1) is 22.7 Å². The number of ether oxygens (including phenoxy) is 1. The van der Waals surface area contributed by atoms with Crippen molar-refractivity contribution in [1.82, 2.24) is 4.98 Å². The van der Waals surface area contributed by atoms with Gasteiger partial charge in [0.25, 0.3) is 5.91 Å². The Kier molecular flexibility index (Phi) is 5.72. The van der Waals surface area contributed by atoms with Crippen molar-refractivity contribution in [3.05, 3.63) is 32.8 Å². The summed E-state index contributed by atoms with van der Waals surface area (Å²) >= 11 is 2.29. The number of carboxylic acid groups (broad SMARTS) is 1. The van der Waals surface area contributed by atoms with Crippen molar-refractivity contribution in [2.45, 2.75) is 57.5 Å². The molecule has 0 spiro atoms. The number of hydrogen-bond donors (Lipinski definition) is 2. The van der Waals surface area contributed by atoms with Crippen molar-refractivity contribution in [2.75, 3.05) is 5.32 Å². The highest BCUT2D eigenvalue weighted by atomic mass is 32.1. The molecule has 1 fully saturated rings. The first-order valence-electron chi connectivity index (χ1n) is 10.9. The highest BCUT2D eigenvalue weighted by molar-refractivity contribution is 7.18. The predicted octanol–water partition coefficient (Wildman–Crippen LogP) is 6.48. The lowest BCUT2D eigenvalue weighted by molar-refractivity contribution is -0.140. The Balaban J connectivity index is 1.53. The molecular weight excluding hydrogens is 477 g/mol. The molecule has 2 N–H and O–H groups in total. The van der Waals surface area contributed by atoms with Gasteiger partial charge in [-0.1, -0.05) is 0 Å². The van der Waals surface area contributed by atoms with E-state index in [1.54, 1.807) is 0 Å². The molecule has 1 saturated carbocycles. The Morgan fingerprint density at radius 2 is 1.82 bits per heavy atom. The van der Waals surface area contributed by atoms with Crippen LogP contribution < -0.4 is 5.32 Å². The number of anilines is 1. The smallest absolute Gasteiger partial charge is 0.449 e. The van der Waals surface area contributed by atoms with Crippen LogP contribution in [-0.2, 0) is 28.5 Å². The molecule has 0 aliphatic heterocycles. The van der Waals surface area contributed by atoms with E-state index < -0.39 is 23.9 Å². The van der Waals surface area contributed by atoms with Crippen molar-refractivity contribution in [3.8, 4) is 10.6 Å². The summed E-state index contributed by atoms with van der Waals surface area (Å²) in [7, 11) is 0. The van der Waals surface area contributed by atoms with Crippen molar-refractivity contribution < 1.29 is 32.6 Å². The van der Waals surface area contributed by atoms with Gasteiger partial charge in [-0.2, -0.15) is 13.2 Å². The first kappa shape index (κ1) is 22.4. The number of thiophene rings is 1. The van der Waals surface area contributed by atoms with Gasteiger partial charge < -0.3 is 15.2 Å². The summed E-state index contributed by atoms with van der Waals surface area (Å²) in [6.07, 6.45) is 0.583. The number of halogens is 3. The Labute approximate surface area is 195 Å². The maximum Gasteiger partial charge on any atom is 0.511 e. The van der Waals surface area contributed by atoms with Crippen LogP contribution in [0.3, 0.4) is 0 Å². The van der Waals surface area contributed by atoms with Crippen LogP contribution in [0.2, 0.25) is 0 Å². The molecule has 2 aromatic rings. The Bertz CT molecular complexity index is 1140. The number of carbonyl (C=O) groups excluding carboxylic acids is 1. The third-order valence-corrected chi connectivity index (χ3v) is 8.69. The van der Waals surface area contributed by atoms with Gasteiger partial charge >= 0.3 is 12.3 Å². The van der Waals surface area contributed by atoms with E-state index in [1.165, 1.54) is 11.3 Å². The minimum Gasteiger partial charge on any atom is -0.449 e. The van der Waals surface area contributed by atoms with Gasteiger partial charge in [0.05, 0.1) is 5.57 Å². The van der Waals surface area contributed by atoms with Gasteiger partial charge in [0.15, 0.2) is 5.69 Å². The van der Waals surface area contributed by atoms with Crippen LogP contribution in [-0.4, -0.2) is 22.2 Å². The van der Waals surface area contributed by atoms with Crippen molar-refractivity contribution >= 4 is 39.7 Å². The first-order chi connectivity index (χ1) is 15.7. The first-order valence-corrected chi connectivity index (χ1v) is 12.6. The highest BCUT2D eigenvalue weighted by Crippen LogP contribution is 2.49. The third kappa shape index (κ3) is 4.16. The number of hydrogen-bond acceptors (Lipinski definition) is 6. The second kappa shape index (κ2) is 8.43. The number of carbonyl (C=O) groups is 2. The van der Waals surface area contributed by atoms with Gasteiger partial charge in [0, 0.05) is 21.7 Å². The quantitative estimate of drug-likeness (QED) is 0.471. The summed E-state index contributed by atoms with van der Waals surface area (Å²) in [6, 6.07) is 0. The average Bonchev–Trinajstić information content (AvgIpc) is 3.38. The molecule has 0 unspecified atom stereocenters. The summed E-state index contributed by atoms with van der Waals surface area (Å²) in [5.41, 5.74) is 0.920. The zero-order chi connectivity index (χ0) is 23.3. The molecule has 6 rings (SSSR count). The van der Waals surface area contributed by atoms with Gasteiger partial charge in [0.2, 0.25) is 0 Å². The Morgan fingerprint density at radius 1 is 1.12 bits per heavy atom. The lowest BCUT2D eigenvalue weighted by Gasteiger charge is -2.37. The number of amides is 1. The number of rotatable bonds is 4. The van der Waals surface area contributed by atoms with Crippen LogP contribution in [0.5, 0.6) is 0 Å². The number of fused-ring (bicyclic) bond motifs is 3. The minimum absolute atomic E-state index is 0.0842. The zero-order valence-electron chi connectivity index (χ0n) is 17.5. The monoisotopic (exact) mass is 498 g/mol. The topological polar surface area (TPSA) is 88.5 Å². The molecule has 11 heteroatoms. The zero-order valence-corrected chi connectivity index (χ0v) is 19.1. The van der Waals surface area contributed by atoms with Crippen molar-refractivity contribution in [1.29, 1.82) is 0 Å². The SMILES string of the molecule is O=C(O)OC1=C(C(=O)Nc2sc3c(c2-c2nc(C(F)(F)F)cs2)CCCC3)C2CCC1CC2. The van der Waals surface area contributed by atoms with E-state index in [1.807, 2.05) is 0 Å². The number of aryl methyl sites for hydroxylation is 1. The van der Waals surface area contributed by atoms with Gasteiger partial charge in [-0.25, -0.2) is 9.78 Å². The number of aromatic nitrogens is 1. The van der Waals surface area contributed by atoms with E-state index in [4.69, 9.17) is 9.84 Å². The van der Waals surface area contributed by atoms with E-state index in [-0.39, 0.29) is 22.6 Å². The van der Waals surface area contributed by atoms with Gasteiger partial charge in [-0.05, 0) is 62.8 Å². The van der Waals surface area contributed by atoms with Crippen LogP contribution in [0.4, 0.5) is 23.0 Å². The Morgan fingerprint density at radius 3 is 2.48 bits per heavy atom. The fourth-order valence-corrected chi connectivity index (χ4v) is 7.42. The summed E-state index contributed by atoms with van der Waals surface area (Å²) < 4.78 is 44.6. The van der Waals surface area contributed by atoms with Gasteiger partial charge in [0.1, 0.15) is 15.8 Å². The molecule has 0 saturated heterocycles.